The molecule has 3 aromatic rings. The molecule has 0 saturated heterocycles. The van der Waals surface area contributed by atoms with E-state index in [0.717, 1.165) is 6.07 Å². The molecular formula is C18H12F4N2O2. The summed E-state index contributed by atoms with van der Waals surface area (Å²) in [6.07, 6.45) is -0.289. The molecule has 26 heavy (non-hydrogen) atoms. The van der Waals surface area contributed by atoms with Gasteiger partial charge in [0.1, 0.15) is 11.6 Å². The highest BCUT2D eigenvalue weighted by atomic mass is 19.2. The van der Waals surface area contributed by atoms with E-state index in [1.54, 1.807) is 13.0 Å². The lowest BCUT2D eigenvalue weighted by atomic mass is 10.2. The molecule has 3 rings (SSSR count). The zero-order chi connectivity index (χ0) is 18.8. The van der Waals surface area contributed by atoms with Crippen LogP contribution in [0.1, 0.15) is 11.5 Å². The summed E-state index contributed by atoms with van der Waals surface area (Å²) in [4.78, 5) is 16.2. The van der Waals surface area contributed by atoms with Gasteiger partial charge < -0.3 is 9.73 Å². The van der Waals surface area contributed by atoms with Crippen molar-refractivity contribution in [3.8, 4) is 11.5 Å². The van der Waals surface area contributed by atoms with E-state index >= 15 is 0 Å². The molecule has 0 atom stereocenters. The Hall–Kier alpha value is -3.16. The van der Waals surface area contributed by atoms with Crippen molar-refractivity contribution in [3.05, 3.63) is 71.1 Å². The second-order valence-electron chi connectivity index (χ2n) is 5.48. The summed E-state index contributed by atoms with van der Waals surface area (Å²) in [6, 6.07) is 7.20. The lowest BCUT2D eigenvalue weighted by molar-refractivity contribution is -0.115. The van der Waals surface area contributed by atoms with Crippen LogP contribution in [0, 0.1) is 30.2 Å². The molecule has 0 fully saturated rings. The summed E-state index contributed by atoms with van der Waals surface area (Å²) in [6.45, 7) is 1.57. The van der Waals surface area contributed by atoms with Crippen LogP contribution in [-0.2, 0) is 11.2 Å². The number of hydrogen-bond acceptors (Lipinski definition) is 3. The molecule has 1 amide bonds. The standard InChI is InChI=1S/C18H12F4N2O2/c1-9-14(24-18(26-9)10-3-2-4-11(19)7-10)8-15(25)23-13-6-5-12(20)16(21)17(13)22/h2-7H,8H2,1H3,(H,23,25). The number of hydrogen-bond donors (Lipinski definition) is 1. The number of aromatic nitrogens is 1. The van der Waals surface area contributed by atoms with E-state index in [4.69, 9.17) is 4.42 Å². The van der Waals surface area contributed by atoms with Crippen molar-refractivity contribution in [3.63, 3.8) is 0 Å². The maximum Gasteiger partial charge on any atom is 0.230 e. The molecule has 1 aromatic heterocycles. The maximum atomic E-state index is 13.6. The van der Waals surface area contributed by atoms with E-state index in [2.05, 4.69) is 10.3 Å². The van der Waals surface area contributed by atoms with Gasteiger partial charge in [0.25, 0.3) is 0 Å². The lowest BCUT2D eigenvalue weighted by Crippen LogP contribution is -2.16. The van der Waals surface area contributed by atoms with Crippen LogP contribution in [0.15, 0.2) is 40.8 Å². The predicted molar refractivity (Wildman–Crippen MR) is 85.3 cm³/mol. The van der Waals surface area contributed by atoms with E-state index < -0.39 is 34.9 Å². The molecule has 0 saturated carbocycles. The van der Waals surface area contributed by atoms with E-state index in [0.29, 0.717) is 17.4 Å². The van der Waals surface area contributed by atoms with Crippen LogP contribution >= 0.6 is 0 Å². The highest BCUT2D eigenvalue weighted by molar-refractivity contribution is 5.92. The molecule has 0 aliphatic rings. The third-order valence-corrected chi connectivity index (χ3v) is 3.60. The maximum absolute atomic E-state index is 13.6. The summed E-state index contributed by atoms with van der Waals surface area (Å²) in [7, 11) is 0. The first-order chi connectivity index (χ1) is 12.3. The van der Waals surface area contributed by atoms with Crippen LogP contribution in [0.5, 0.6) is 0 Å². The molecule has 0 radical (unpaired) electrons. The zero-order valence-corrected chi connectivity index (χ0v) is 13.4. The number of amides is 1. The van der Waals surface area contributed by atoms with Crippen LogP contribution < -0.4 is 5.32 Å². The summed E-state index contributed by atoms with van der Waals surface area (Å²) in [5.74, 6) is -5.23. The third-order valence-electron chi connectivity index (χ3n) is 3.60. The second kappa shape index (κ2) is 6.99. The highest BCUT2D eigenvalue weighted by Crippen LogP contribution is 2.24. The monoisotopic (exact) mass is 364 g/mol. The number of benzene rings is 2. The molecule has 8 heteroatoms. The quantitative estimate of drug-likeness (QED) is 0.552. The fraction of sp³-hybridized carbons (Fsp3) is 0.111. The molecule has 1 N–H and O–H groups in total. The average molecular weight is 364 g/mol. The normalized spacial score (nSPS) is 10.8. The van der Waals surface area contributed by atoms with Crippen molar-refractivity contribution in [2.45, 2.75) is 13.3 Å². The van der Waals surface area contributed by atoms with Gasteiger partial charge in [0, 0.05) is 5.56 Å². The second-order valence-corrected chi connectivity index (χ2v) is 5.48. The molecular weight excluding hydrogens is 352 g/mol. The number of halogens is 4. The van der Waals surface area contributed by atoms with E-state index in [1.165, 1.54) is 18.2 Å². The molecule has 0 spiro atoms. The first kappa shape index (κ1) is 17.7. The van der Waals surface area contributed by atoms with Gasteiger partial charge in [-0.15, -0.1) is 0 Å². The Morgan fingerprint density at radius 3 is 2.62 bits per heavy atom. The molecule has 4 nitrogen and oxygen atoms in total. The number of carbonyl (C=O) groups excluding carboxylic acids is 1. The van der Waals surface area contributed by atoms with Gasteiger partial charge in [0.05, 0.1) is 17.8 Å². The van der Waals surface area contributed by atoms with Crippen molar-refractivity contribution in [2.24, 2.45) is 0 Å². The molecule has 0 aliphatic carbocycles. The minimum absolute atomic E-state index is 0.129. The van der Waals surface area contributed by atoms with Gasteiger partial charge in [0.2, 0.25) is 11.8 Å². The molecule has 2 aromatic carbocycles. The van der Waals surface area contributed by atoms with Gasteiger partial charge in [-0.05, 0) is 37.3 Å². The van der Waals surface area contributed by atoms with Crippen LogP contribution in [0.3, 0.4) is 0 Å². The minimum atomic E-state index is -1.67. The summed E-state index contributed by atoms with van der Waals surface area (Å²) < 4.78 is 58.4. The summed E-state index contributed by atoms with van der Waals surface area (Å²) in [5.41, 5.74) is 0.163. The van der Waals surface area contributed by atoms with Crippen molar-refractivity contribution in [2.75, 3.05) is 5.32 Å². The fourth-order valence-electron chi connectivity index (χ4n) is 2.31. The molecule has 1 heterocycles. The lowest BCUT2D eigenvalue weighted by Gasteiger charge is -2.06. The number of nitrogens with zero attached hydrogens (tertiary/aromatic N) is 1. The minimum Gasteiger partial charge on any atom is -0.441 e. The van der Waals surface area contributed by atoms with Gasteiger partial charge >= 0.3 is 0 Å². The topological polar surface area (TPSA) is 55.1 Å². The Labute approximate surface area is 145 Å². The first-order valence-electron chi connectivity index (χ1n) is 7.50. The van der Waals surface area contributed by atoms with Crippen molar-refractivity contribution >= 4 is 11.6 Å². The van der Waals surface area contributed by atoms with E-state index in [-0.39, 0.29) is 18.0 Å². The Kier molecular flexibility index (Phi) is 4.75. The van der Waals surface area contributed by atoms with Gasteiger partial charge in [0.15, 0.2) is 17.5 Å². The Morgan fingerprint density at radius 2 is 1.88 bits per heavy atom. The number of oxazole rings is 1. The zero-order valence-electron chi connectivity index (χ0n) is 13.4. The van der Waals surface area contributed by atoms with Crippen LogP contribution in [0.2, 0.25) is 0 Å². The summed E-state index contributed by atoms with van der Waals surface area (Å²) in [5, 5.41) is 2.15. The van der Waals surface area contributed by atoms with Crippen LogP contribution in [-0.4, -0.2) is 10.9 Å². The average Bonchev–Trinajstić information content (AvgIpc) is 2.96. The van der Waals surface area contributed by atoms with Crippen molar-refractivity contribution < 1.29 is 26.8 Å². The Bertz CT molecular complexity index is 985. The SMILES string of the molecule is Cc1oc(-c2cccc(F)c2)nc1CC(=O)Nc1ccc(F)c(F)c1F. The molecule has 0 unspecified atom stereocenters. The molecule has 0 aliphatic heterocycles. The highest BCUT2D eigenvalue weighted by Gasteiger charge is 2.18. The van der Waals surface area contributed by atoms with Gasteiger partial charge in [-0.2, -0.15) is 0 Å². The van der Waals surface area contributed by atoms with Crippen LogP contribution in [0.25, 0.3) is 11.5 Å². The number of aryl methyl sites for hydroxylation is 1. The number of anilines is 1. The molecule has 0 bridgehead atoms. The first-order valence-corrected chi connectivity index (χ1v) is 7.50. The predicted octanol–water partition coefficient (Wildman–Crippen LogP) is 4.39. The van der Waals surface area contributed by atoms with Gasteiger partial charge in [-0.25, -0.2) is 22.5 Å². The largest absolute Gasteiger partial charge is 0.441 e. The molecule has 134 valence electrons. The van der Waals surface area contributed by atoms with Crippen LogP contribution in [0.4, 0.5) is 23.2 Å². The van der Waals surface area contributed by atoms with Gasteiger partial charge in [-0.1, -0.05) is 6.07 Å². The number of nitrogens with one attached hydrogen (secondary N) is 1. The third kappa shape index (κ3) is 3.58. The van der Waals surface area contributed by atoms with Crippen molar-refractivity contribution in [1.82, 2.24) is 4.98 Å². The van der Waals surface area contributed by atoms with Crippen molar-refractivity contribution in [1.29, 1.82) is 0 Å². The van der Waals surface area contributed by atoms with Gasteiger partial charge in [-0.3, -0.25) is 4.79 Å². The van der Waals surface area contributed by atoms with E-state index in [9.17, 15) is 22.4 Å². The Balaban J connectivity index is 1.77. The smallest absolute Gasteiger partial charge is 0.230 e. The number of carbonyl (C=O) groups is 1. The summed E-state index contributed by atoms with van der Waals surface area (Å²) >= 11 is 0. The number of rotatable bonds is 4. The fourth-order valence-corrected chi connectivity index (χ4v) is 2.31. The van der Waals surface area contributed by atoms with E-state index in [1.807, 2.05) is 0 Å². The Morgan fingerprint density at radius 1 is 1.12 bits per heavy atom.